The van der Waals surface area contributed by atoms with Crippen molar-refractivity contribution in [2.45, 2.75) is 58.2 Å². The topological polar surface area (TPSA) is 0 Å². The van der Waals surface area contributed by atoms with E-state index in [2.05, 4.69) is 50.5 Å². The van der Waals surface area contributed by atoms with Crippen molar-refractivity contribution in [3.63, 3.8) is 0 Å². The van der Waals surface area contributed by atoms with Gasteiger partial charge in [0.05, 0.1) is 0 Å². The maximum atomic E-state index is 3.82. The van der Waals surface area contributed by atoms with Crippen molar-refractivity contribution in [2.24, 2.45) is 17.3 Å². The lowest BCUT2D eigenvalue weighted by Crippen LogP contribution is -2.36. The molecule has 0 aliphatic heterocycles. The number of hydrogen-bond donors (Lipinski definition) is 0. The average molecular weight is 247 g/mol. The summed E-state index contributed by atoms with van der Waals surface area (Å²) in [7, 11) is 0. The monoisotopic (exact) mass is 246 g/mol. The van der Waals surface area contributed by atoms with Crippen LogP contribution in [0.4, 0.5) is 0 Å². The third-order valence-corrected chi connectivity index (χ3v) is 4.01. The van der Waals surface area contributed by atoms with Crippen molar-refractivity contribution in [3.05, 3.63) is 0 Å². The lowest BCUT2D eigenvalue weighted by Gasteiger charge is -2.43. The summed E-state index contributed by atoms with van der Waals surface area (Å²) in [6, 6.07) is 0. The molecule has 0 N–H and O–H groups in total. The molecule has 1 aliphatic carbocycles. The van der Waals surface area contributed by atoms with Gasteiger partial charge in [-0.15, -0.1) is 0 Å². The molecule has 2 atom stereocenters. The highest BCUT2D eigenvalue weighted by atomic mass is 79.9. The minimum absolute atomic E-state index is 0.318. The van der Waals surface area contributed by atoms with E-state index < -0.39 is 0 Å². The van der Waals surface area contributed by atoms with Gasteiger partial charge in [-0.3, -0.25) is 0 Å². The lowest BCUT2D eigenvalue weighted by atomic mass is 9.65. The second-order valence-corrected chi connectivity index (χ2v) is 8.22. The van der Waals surface area contributed by atoms with Crippen LogP contribution in [0.5, 0.6) is 0 Å². The molecule has 1 rings (SSSR count). The lowest BCUT2D eigenvalue weighted by molar-refractivity contribution is 0.117. The van der Waals surface area contributed by atoms with Crippen LogP contribution >= 0.6 is 15.9 Å². The van der Waals surface area contributed by atoms with Crippen LogP contribution in [0.3, 0.4) is 0 Å². The Kier molecular flexibility index (Phi) is 3.17. The van der Waals surface area contributed by atoms with Gasteiger partial charge in [-0.25, -0.2) is 0 Å². The second-order valence-electron chi connectivity index (χ2n) is 6.17. The van der Waals surface area contributed by atoms with Crippen molar-refractivity contribution in [3.8, 4) is 0 Å². The van der Waals surface area contributed by atoms with Crippen molar-refractivity contribution in [1.82, 2.24) is 0 Å². The highest BCUT2D eigenvalue weighted by molar-refractivity contribution is 9.10. The first kappa shape index (κ1) is 11.6. The van der Waals surface area contributed by atoms with E-state index in [1.807, 2.05) is 0 Å². The highest BCUT2D eigenvalue weighted by Crippen LogP contribution is 2.47. The summed E-state index contributed by atoms with van der Waals surface area (Å²) in [5.74, 6) is 1.73. The molecule has 1 fully saturated rings. The van der Waals surface area contributed by atoms with Crippen LogP contribution in [0.15, 0.2) is 0 Å². The van der Waals surface area contributed by atoms with Gasteiger partial charge < -0.3 is 0 Å². The normalized spacial score (nSPS) is 34.6. The van der Waals surface area contributed by atoms with Crippen LogP contribution in [0.1, 0.15) is 53.9 Å². The summed E-state index contributed by atoms with van der Waals surface area (Å²) in [4.78, 5) is 0. The van der Waals surface area contributed by atoms with Gasteiger partial charge in [0.1, 0.15) is 0 Å². The minimum atomic E-state index is 0.318. The van der Waals surface area contributed by atoms with Crippen LogP contribution in [-0.4, -0.2) is 4.32 Å². The van der Waals surface area contributed by atoms with Gasteiger partial charge in [0.2, 0.25) is 0 Å². The quantitative estimate of drug-likeness (QED) is 0.593. The van der Waals surface area contributed by atoms with Crippen molar-refractivity contribution in [2.75, 3.05) is 0 Å². The Morgan fingerprint density at radius 2 is 1.77 bits per heavy atom. The van der Waals surface area contributed by atoms with E-state index in [-0.39, 0.29) is 0 Å². The largest absolute Gasteiger partial charge is 0.0856 e. The fourth-order valence-corrected chi connectivity index (χ4v) is 3.22. The zero-order valence-electron chi connectivity index (χ0n) is 9.65. The Balaban J connectivity index is 2.69. The Bertz CT molecular complexity index is 176. The summed E-state index contributed by atoms with van der Waals surface area (Å²) in [5, 5.41) is 0. The predicted molar refractivity (Wildman–Crippen MR) is 63.3 cm³/mol. The van der Waals surface area contributed by atoms with E-state index in [9.17, 15) is 0 Å². The van der Waals surface area contributed by atoms with Crippen molar-refractivity contribution < 1.29 is 0 Å². The SMILES string of the molecule is CC1CC(C(C)(C)Br)CC(C)(C)C1. The Morgan fingerprint density at radius 1 is 1.23 bits per heavy atom. The van der Waals surface area contributed by atoms with Gasteiger partial charge in [0.15, 0.2) is 0 Å². The van der Waals surface area contributed by atoms with Crippen molar-refractivity contribution in [1.29, 1.82) is 0 Å². The number of alkyl halides is 1. The zero-order valence-corrected chi connectivity index (χ0v) is 11.2. The Labute approximate surface area is 91.6 Å². The molecule has 0 spiro atoms. The molecule has 0 saturated heterocycles. The number of rotatable bonds is 1. The number of halogens is 1. The summed E-state index contributed by atoms with van der Waals surface area (Å²) >= 11 is 3.82. The Hall–Kier alpha value is 0.480. The summed E-state index contributed by atoms with van der Waals surface area (Å²) in [6.07, 6.45) is 4.16. The van der Waals surface area contributed by atoms with Crippen LogP contribution in [-0.2, 0) is 0 Å². The third-order valence-electron chi connectivity index (χ3n) is 3.36. The molecule has 2 unspecified atom stereocenters. The fourth-order valence-electron chi connectivity index (χ4n) is 2.87. The minimum Gasteiger partial charge on any atom is -0.0856 e. The average Bonchev–Trinajstić information content (AvgIpc) is 1.79. The molecule has 0 aromatic rings. The standard InChI is InChI=1S/C12H23Br/c1-9-6-10(12(4,5)13)8-11(2,3)7-9/h9-10H,6-8H2,1-5H3. The van der Waals surface area contributed by atoms with Gasteiger partial charge in [0, 0.05) is 4.32 Å². The van der Waals surface area contributed by atoms with Crippen molar-refractivity contribution >= 4 is 15.9 Å². The molecular weight excluding hydrogens is 224 g/mol. The maximum Gasteiger partial charge on any atom is 0.0230 e. The molecule has 13 heavy (non-hydrogen) atoms. The molecule has 0 aromatic carbocycles. The van der Waals surface area contributed by atoms with E-state index in [1.54, 1.807) is 0 Å². The third kappa shape index (κ3) is 3.27. The first-order chi connectivity index (χ1) is 5.71. The van der Waals surface area contributed by atoms with Crippen LogP contribution < -0.4 is 0 Å². The van der Waals surface area contributed by atoms with E-state index in [4.69, 9.17) is 0 Å². The van der Waals surface area contributed by atoms with Crippen LogP contribution in [0, 0.1) is 17.3 Å². The number of hydrogen-bond acceptors (Lipinski definition) is 0. The highest BCUT2D eigenvalue weighted by Gasteiger charge is 2.38. The van der Waals surface area contributed by atoms with Gasteiger partial charge in [-0.1, -0.05) is 36.7 Å². The van der Waals surface area contributed by atoms with Gasteiger partial charge in [-0.2, -0.15) is 0 Å². The van der Waals surface area contributed by atoms with E-state index in [0.29, 0.717) is 9.74 Å². The molecule has 0 bridgehead atoms. The van der Waals surface area contributed by atoms with E-state index in [1.165, 1.54) is 19.3 Å². The first-order valence-electron chi connectivity index (χ1n) is 5.40. The Morgan fingerprint density at radius 3 is 2.15 bits per heavy atom. The summed E-state index contributed by atoms with van der Waals surface area (Å²) in [6.45, 7) is 11.8. The second kappa shape index (κ2) is 3.56. The predicted octanol–water partition coefficient (Wildman–Crippen LogP) is 4.62. The molecule has 0 amide bonds. The molecule has 0 nitrogen and oxygen atoms in total. The smallest absolute Gasteiger partial charge is 0.0230 e. The van der Waals surface area contributed by atoms with Crippen LogP contribution in [0.2, 0.25) is 0 Å². The van der Waals surface area contributed by atoms with Gasteiger partial charge in [0.25, 0.3) is 0 Å². The van der Waals surface area contributed by atoms with Gasteiger partial charge in [-0.05, 0) is 50.4 Å². The molecule has 1 heteroatoms. The molecular formula is C12H23Br. The van der Waals surface area contributed by atoms with E-state index in [0.717, 1.165) is 11.8 Å². The molecule has 1 aliphatic rings. The molecule has 0 heterocycles. The summed E-state index contributed by atoms with van der Waals surface area (Å²) < 4.78 is 0.318. The first-order valence-corrected chi connectivity index (χ1v) is 6.19. The molecule has 0 aromatic heterocycles. The fraction of sp³-hybridized carbons (Fsp3) is 1.00. The molecule has 0 radical (unpaired) electrons. The molecule has 1 saturated carbocycles. The summed E-state index contributed by atoms with van der Waals surface area (Å²) in [5.41, 5.74) is 0.549. The maximum absolute atomic E-state index is 3.82. The zero-order chi connectivity index (χ0) is 10.3. The molecule has 78 valence electrons. The van der Waals surface area contributed by atoms with Gasteiger partial charge >= 0.3 is 0 Å². The van der Waals surface area contributed by atoms with Crippen LogP contribution in [0.25, 0.3) is 0 Å². The van der Waals surface area contributed by atoms with E-state index >= 15 is 0 Å².